The van der Waals surface area contributed by atoms with Crippen LogP contribution < -0.4 is 29.9 Å². The van der Waals surface area contributed by atoms with Crippen molar-refractivity contribution >= 4 is 86.8 Å². The van der Waals surface area contributed by atoms with Gasteiger partial charge in [0.2, 0.25) is 6.04 Å². The number of anilines is 3. The molecule has 1 heterocycles. The van der Waals surface area contributed by atoms with E-state index in [0.29, 0.717) is 46.3 Å². The van der Waals surface area contributed by atoms with Crippen molar-refractivity contribution in [1.29, 1.82) is 0 Å². The topological polar surface area (TPSA) is 146 Å². The van der Waals surface area contributed by atoms with Gasteiger partial charge in [-0.2, -0.15) is 15.2 Å². The number of methoxy groups -OCH3 is 2. The van der Waals surface area contributed by atoms with Crippen molar-refractivity contribution in [2.75, 3.05) is 29.9 Å². The molecule has 63 heavy (non-hydrogen) atoms. The number of azo groups is 1. The van der Waals surface area contributed by atoms with Crippen molar-refractivity contribution in [2.45, 2.75) is 116 Å². The van der Waals surface area contributed by atoms with Crippen LogP contribution in [0, 0.1) is 0 Å². The van der Waals surface area contributed by atoms with Gasteiger partial charge in [-0.25, -0.2) is 0 Å². The molecule has 3 N–H and O–H groups in total. The summed E-state index contributed by atoms with van der Waals surface area (Å²) in [6.45, 7) is 8.23. The fourth-order valence-corrected chi connectivity index (χ4v) is 8.17. The van der Waals surface area contributed by atoms with Crippen LogP contribution in [0.2, 0.25) is 20.1 Å². The third-order valence-electron chi connectivity index (χ3n) is 10.4. The number of unbranched alkanes of at least 4 members (excludes halogenated alkanes) is 9. The lowest BCUT2D eigenvalue weighted by Gasteiger charge is -2.23. The third kappa shape index (κ3) is 13.6. The maximum Gasteiger partial charge on any atom is 0.282 e. The molecule has 4 aromatic rings. The monoisotopic (exact) mass is 940 g/mol. The molecule has 0 aliphatic carbocycles. The van der Waals surface area contributed by atoms with Crippen molar-refractivity contribution in [1.82, 2.24) is 0 Å². The van der Waals surface area contributed by atoms with Gasteiger partial charge in [0.1, 0.15) is 17.2 Å². The Kier molecular flexibility index (Phi) is 18.2. The largest absolute Gasteiger partial charge is 0.508 e. The highest BCUT2D eigenvalue weighted by Gasteiger charge is 2.40. The van der Waals surface area contributed by atoms with Gasteiger partial charge in [0.15, 0.2) is 23.4 Å². The van der Waals surface area contributed by atoms with E-state index >= 15 is 0 Å². The molecule has 16 heteroatoms. The van der Waals surface area contributed by atoms with E-state index in [4.69, 9.17) is 60.6 Å². The summed E-state index contributed by atoms with van der Waals surface area (Å²) in [5.41, 5.74) is 1.54. The average Bonchev–Trinajstić information content (AvgIpc) is 3.53. The van der Waals surface area contributed by atoms with Crippen LogP contribution in [-0.2, 0) is 15.0 Å². The fraction of sp³-hybridized carbons (Fsp3) is 0.426. The predicted octanol–water partition coefficient (Wildman–Crippen LogP) is 13.9. The summed E-state index contributed by atoms with van der Waals surface area (Å²) in [6, 6.07) is 16.4. The molecule has 0 bridgehead atoms. The van der Waals surface area contributed by atoms with Gasteiger partial charge in [-0.15, -0.1) is 5.10 Å². The zero-order valence-electron chi connectivity index (χ0n) is 36.6. The zero-order chi connectivity index (χ0) is 45.7. The number of carbonyl (C=O) groups is 2. The Bertz CT molecular complexity index is 2260. The molecule has 12 nitrogen and oxygen atoms in total. The van der Waals surface area contributed by atoms with Crippen LogP contribution in [0.5, 0.6) is 23.0 Å². The van der Waals surface area contributed by atoms with E-state index in [-0.39, 0.29) is 48.7 Å². The van der Waals surface area contributed by atoms with Crippen molar-refractivity contribution in [2.24, 2.45) is 15.3 Å². The molecule has 0 aromatic heterocycles. The number of phenolic OH excluding ortho intramolecular Hbond substituents is 1. The number of hydrogen-bond donors (Lipinski definition) is 3. The zero-order valence-corrected chi connectivity index (χ0v) is 39.6. The molecular formula is C47H56Cl4N6O6. The first kappa shape index (κ1) is 49.3. The highest BCUT2D eigenvalue weighted by Crippen LogP contribution is 2.40. The molecule has 2 unspecified atom stereocenters. The normalized spacial score (nSPS) is 14.5. The van der Waals surface area contributed by atoms with Gasteiger partial charge >= 0.3 is 0 Å². The SMILES string of the molecule is CCCCCCCCCCCCC(Oc1ccc(O)c(C(C)(C)C)c1)C(=O)Nc1ccc(Cl)c(NC2=NN(c3c(Cl)cc(Cl)cc3Cl)C(=O)C2/N=N/c2ccc(OC)c(OC)c2)c1. The molecule has 1 aliphatic heterocycles. The lowest BCUT2D eigenvalue weighted by molar-refractivity contribution is -0.123. The number of benzene rings is 4. The summed E-state index contributed by atoms with van der Waals surface area (Å²) in [5, 5.41) is 31.7. The number of halogens is 4. The molecule has 1 aliphatic rings. The minimum Gasteiger partial charge on any atom is -0.508 e. The first-order valence-electron chi connectivity index (χ1n) is 21.2. The smallest absolute Gasteiger partial charge is 0.282 e. The number of amides is 2. The van der Waals surface area contributed by atoms with Crippen molar-refractivity contribution in [3.8, 4) is 23.0 Å². The molecule has 5 rings (SSSR count). The Hall–Kier alpha value is -4.75. The standard InChI is InChI=1S/C47H56Cl4N6O6/c1-7-8-9-10-11-12-13-14-15-16-17-40(63-32-20-22-38(58)33(28-32)47(2,3)4)45(59)52-30-18-21-34(49)37(26-30)53-44-42(55-54-31-19-23-39(61-5)41(27-31)62-6)46(60)57(56-44)43-35(50)24-29(48)25-36(43)51/h18-28,40,42,58H,7-17H2,1-6H3,(H,52,59)(H,53,56)/b55-54+. The van der Waals surface area contributed by atoms with Crippen molar-refractivity contribution in [3.05, 3.63) is 92.4 Å². The summed E-state index contributed by atoms with van der Waals surface area (Å²) < 4.78 is 17.1. The number of carbonyl (C=O) groups excluding carboxylic acids is 2. The minimum absolute atomic E-state index is 0.0424. The van der Waals surface area contributed by atoms with Crippen LogP contribution in [0.15, 0.2) is 82.1 Å². The van der Waals surface area contributed by atoms with Gasteiger partial charge in [-0.3, -0.25) is 9.59 Å². The lowest BCUT2D eigenvalue weighted by Crippen LogP contribution is -2.33. The molecular weight excluding hydrogens is 886 g/mol. The van der Waals surface area contributed by atoms with Crippen LogP contribution in [-0.4, -0.2) is 49.1 Å². The van der Waals surface area contributed by atoms with Crippen LogP contribution in [0.25, 0.3) is 0 Å². The molecule has 0 radical (unpaired) electrons. The number of rotatable bonds is 21. The molecule has 0 fully saturated rings. The molecule has 0 saturated heterocycles. The molecule has 2 amide bonds. The van der Waals surface area contributed by atoms with Gasteiger partial charge in [0.05, 0.1) is 40.7 Å². The summed E-state index contributed by atoms with van der Waals surface area (Å²) in [6.07, 6.45) is 11.2. The number of nitrogens with one attached hydrogen (secondary N) is 2. The second kappa shape index (κ2) is 23.3. The maximum absolute atomic E-state index is 14.1. The fourth-order valence-electron chi connectivity index (χ4n) is 7.02. The number of ether oxygens (including phenoxy) is 3. The van der Waals surface area contributed by atoms with E-state index < -0.39 is 18.1 Å². The summed E-state index contributed by atoms with van der Waals surface area (Å²) in [5.74, 6) is 0.602. The molecule has 4 aromatic carbocycles. The van der Waals surface area contributed by atoms with E-state index in [1.165, 1.54) is 64.9 Å². The Labute approximate surface area is 390 Å². The minimum atomic E-state index is -1.31. The van der Waals surface area contributed by atoms with Gasteiger partial charge in [-0.05, 0) is 78.9 Å². The van der Waals surface area contributed by atoms with Crippen LogP contribution in [0.3, 0.4) is 0 Å². The predicted molar refractivity (Wildman–Crippen MR) is 256 cm³/mol. The third-order valence-corrected chi connectivity index (χ3v) is 11.5. The Morgan fingerprint density at radius 2 is 1.48 bits per heavy atom. The highest BCUT2D eigenvalue weighted by atomic mass is 35.5. The van der Waals surface area contributed by atoms with E-state index in [1.807, 2.05) is 20.8 Å². The van der Waals surface area contributed by atoms with Gasteiger partial charge < -0.3 is 30.0 Å². The maximum atomic E-state index is 14.1. The summed E-state index contributed by atoms with van der Waals surface area (Å²) in [4.78, 5) is 28.2. The first-order valence-corrected chi connectivity index (χ1v) is 22.7. The molecule has 338 valence electrons. The van der Waals surface area contributed by atoms with E-state index in [2.05, 4.69) is 32.9 Å². The Morgan fingerprint density at radius 1 is 0.825 bits per heavy atom. The van der Waals surface area contributed by atoms with Gasteiger partial charge in [-0.1, -0.05) is 132 Å². The number of nitrogens with zero attached hydrogens (tertiary/aromatic N) is 4. The van der Waals surface area contributed by atoms with E-state index in [0.717, 1.165) is 30.7 Å². The summed E-state index contributed by atoms with van der Waals surface area (Å²) in [7, 11) is 3.01. The number of amidine groups is 1. The second-order valence-electron chi connectivity index (χ2n) is 16.3. The summed E-state index contributed by atoms with van der Waals surface area (Å²) >= 11 is 26.0. The number of hydrogen-bond acceptors (Lipinski definition) is 10. The quantitative estimate of drug-likeness (QED) is 0.0557. The van der Waals surface area contributed by atoms with Crippen molar-refractivity contribution < 1.29 is 28.9 Å². The molecule has 2 atom stereocenters. The highest BCUT2D eigenvalue weighted by molar-refractivity contribution is 6.43. The van der Waals surface area contributed by atoms with Crippen molar-refractivity contribution in [3.63, 3.8) is 0 Å². The van der Waals surface area contributed by atoms with E-state index in [9.17, 15) is 14.7 Å². The number of aromatic hydroxyl groups is 1. The lowest BCUT2D eigenvalue weighted by atomic mass is 9.86. The van der Waals surface area contributed by atoms with E-state index in [1.54, 1.807) is 54.6 Å². The number of phenols is 1. The first-order chi connectivity index (χ1) is 30.1. The van der Waals surface area contributed by atoms with Crippen LogP contribution in [0.1, 0.15) is 104 Å². The average molecular weight is 943 g/mol. The Morgan fingerprint density at radius 3 is 2.11 bits per heavy atom. The van der Waals surface area contributed by atoms with Crippen LogP contribution >= 0.6 is 46.4 Å². The van der Waals surface area contributed by atoms with Gasteiger partial charge in [0.25, 0.3) is 11.8 Å². The molecule has 0 saturated carbocycles. The van der Waals surface area contributed by atoms with Gasteiger partial charge in [0, 0.05) is 22.3 Å². The Balaban J connectivity index is 1.38. The molecule has 0 spiro atoms. The second-order valence-corrected chi connectivity index (χ2v) is 18.0. The number of hydrazone groups is 1. The van der Waals surface area contributed by atoms with Crippen LogP contribution in [0.4, 0.5) is 22.7 Å².